The molecule has 0 aliphatic rings. The Hall–Kier alpha value is -2.64. The molecule has 1 aromatic heterocycles. The number of pyridine rings is 1. The second-order valence-corrected chi connectivity index (χ2v) is 4.06. The number of aromatic nitrogens is 1. The van der Waals surface area contributed by atoms with Gasteiger partial charge in [-0.3, -0.25) is 9.78 Å². The summed E-state index contributed by atoms with van der Waals surface area (Å²) in [6, 6.07) is 12.7. The molecule has 0 aliphatic heterocycles. The number of hydrogen-bond donors (Lipinski definition) is 2. The van der Waals surface area contributed by atoms with Gasteiger partial charge in [-0.05, 0) is 29.8 Å². The molecule has 1 aromatic carbocycles. The number of nitrogens with zero attached hydrogens (tertiary/aromatic N) is 1. The Balaban J connectivity index is 1.99. The van der Waals surface area contributed by atoms with Gasteiger partial charge in [0.05, 0.1) is 0 Å². The van der Waals surface area contributed by atoms with E-state index in [1.54, 1.807) is 24.4 Å². The largest absolute Gasteiger partial charge is 0.384 e. The van der Waals surface area contributed by atoms with Crippen molar-refractivity contribution >= 4 is 5.91 Å². The van der Waals surface area contributed by atoms with Crippen LogP contribution in [0.5, 0.6) is 0 Å². The van der Waals surface area contributed by atoms with E-state index in [-0.39, 0.29) is 12.5 Å². The molecule has 4 heteroatoms. The summed E-state index contributed by atoms with van der Waals surface area (Å²) in [5.74, 6) is 5.21. The first-order valence-corrected chi connectivity index (χ1v) is 6.17. The molecule has 2 aromatic rings. The maximum atomic E-state index is 11.8. The van der Waals surface area contributed by atoms with Crippen LogP contribution in [0.2, 0.25) is 0 Å². The number of aliphatic hydroxyl groups is 1. The van der Waals surface area contributed by atoms with Crippen molar-refractivity contribution in [2.75, 3.05) is 6.61 Å². The molecule has 0 saturated carbocycles. The number of nitrogens with one attached hydrogen (secondary N) is 1. The van der Waals surface area contributed by atoms with Gasteiger partial charge in [0.1, 0.15) is 12.3 Å². The summed E-state index contributed by atoms with van der Waals surface area (Å²) in [4.78, 5) is 15.8. The molecule has 0 bridgehead atoms. The zero-order valence-electron chi connectivity index (χ0n) is 10.8. The van der Waals surface area contributed by atoms with Crippen LogP contribution in [-0.2, 0) is 6.54 Å². The van der Waals surface area contributed by atoms with Crippen molar-refractivity contribution in [2.24, 2.45) is 0 Å². The standard InChI is InChI=1S/C16H14N2O2/c19-10-4-7-13-5-3-6-14(11-13)12-18-16(20)15-8-1-2-9-17-15/h1-3,5-6,8-9,11,19H,10,12H2,(H,18,20). The van der Waals surface area contributed by atoms with Gasteiger partial charge >= 0.3 is 0 Å². The van der Waals surface area contributed by atoms with E-state index in [2.05, 4.69) is 22.1 Å². The molecule has 0 unspecified atom stereocenters. The van der Waals surface area contributed by atoms with E-state index in [4.69, 9.17) is 5.11 Å². The zero-order chi connectivity index (χ0) is 14.2. The highest BCUT2D eigenvalue weighted by Gasteiger charge is 2.05. The molecule has 0 atom stereocenters. The number of aliphatic hydroxyl groups excluding tert-OH is 1. The average Bonchev–Trinajstić information content (AvgIpc) is 2.52. The van der Waals surface area contributed by atoms with E-state index < -0.39 is 0 Å². The summed E-state index contributed by atoms with van der Waals surface area (Å²) in [7, 11) is 0. The second-order valence-electron chi connectivity index (χ2n) is 4.06. The Labute approximate surface area is 117 Å². The molecular weight excluding hydrogens is 252 g/mol. The van der Waals surface area contributed by atoms with E-state index in [0.29, 0.717) is 12.2 Å². The number of hydrogen-bond acceptors (Lipinski definition) is 3. The Morgan fingerprint density at radius 1 is 1.25 bits per heavy atom. The van der Waals surface area contributed by atoms with Crippen molar-refractivity contribution < 1.29 is 9.90 Å². The van der Waals surface area contributed by atoms with Gasteiger partial charge in [-0.2, -0.15) is 0 Å². The number of carbonyl (C=O) groups excluding carboxylic acids is 1. The van der Waals surface area contributed by atoms with E-state index >= 15 is 0 Å². The normalized spacial score (nSPS) is 9.45. The number of carbonyl (C=O) groups is 1. The first kappa shape index (κ1) is 13.8. The molecule has 0 spiro atoms. The van der Waals surface area contributed by atoms with Gasteiger partial charge in [-0.25, -0.2) is 0 Å². The van der Waals surface area contributed by atoms with Crippen LogP contribution in [0.1, 0.15) is 21.6 Å². The predicted molar refractivity (Wildman–Crippen MR) is 75.8 cm³/mol. The Morgan fingerprint density at radius 3 is 2.90 bits per heavy atom. The van der Waals surface area contributed by atoms with Gasteiger partial charge in [0.15, 0.2) is 0 Å². The molecule has 100 valence electrons. The van der Waals surface area contributed by atoms with E-state index in [1.807, 2.05) is 24.3 Å². The van der Waals surface area contributed by atoms with Crippen LogP contribution < -0.4 is 5.32 Å². The zero-order valence-corrected chi connectivity index (χ0v) is 10.8. The summed E-state index contributed by atoms with van der Waals surface area (Å²) in [6.07, 6.45) is 1.58. The van der Waals surface area contributed by atoms with Crippen molar-refractivity contribution in [1.82, 2.24) is 10.3 Å². The summed E-state index contributed by atoms with van der Waals surface area (Å²) < 4.78 is 0. The smallest absolute Gasteiger partial charge is 0.270 e. The van der Waals surface area contributed by atoms with Gasteiger partial charge in [0.25, 0.3) is 5.91 Å². The minimum Gasteiger partial charge on any atom is -0.384 e. The highest BCUT2D eigenvalue weighted by molar-refractivity contribution is 5.92. The lowest BCUT2D eigenvalue weighted by Gasteiger charge is -2.05. The molecule has 1 amide bonds. The van der Waals surface area contributed by atoms with E-state index in [9.17, 15) is 4.79 Å². The molecule has 1 heterocycles. The number of amides is 1. The molecular formula is C16H14N2O2. The molecule has 0 radical (unpaired) electrons. The lowest BCUT2D eigenvalue weighted by atomic mass is 10.1. The highest BCUT2D eigenvalue weighted by Crippen LogP contribution is 2.04. The van der Waals surface area contributed by atoms with Gasteiger partial charge in [-0.15, -0.1) is 0 Å². The number of rotatable bonds is 3. The van der Waals surface area contributed by atoms with Crippen LogP contribution in [-0.4, -0.2) is 22.6 Å². The quantitative estimate of drug-likeness (QED) is 0.824. The highest BCUT2D eigenvalue weighted by atomic mass is 16.2. The summed E-state index contributed by atoms with van der Waals surface area (Å²) >= 11 is 0. The van der Waals surface area contributed by atoms with Crippen molar-refractivity contribution in [3.05, 3.63) is 65.5 Å². The fourth-order valence-electron chi connectivity index (χ4n) is 1.67. The third-order valence-electron chi connectivity index (χ3n) is 2.59. The van der Waals surface area contributed by atoms with Gasteiger partial charge in [0, 0.05) is 18.3 Å². The van der Waals surface area contributed by atoms with Gasteiger partial charge in [0.2, 0.25) is 0 Å². The van der Waals surface area contributed by atoms with Gasteiger partial charge < -0.3 is 10.4 Å². The van der Waals surface area contributed by atoms with Crippen LogP contribution in [0.3, 0.4) is 0 Å². The first-order valence-electron chi connectivity index (χ1n) is 6.17. The fraction of sp³-hybridized carbons (Fsp3) is 0.125. The maximum absolute atomic E-state index is 11.8. The average molecular weight is 266 g/mol. The lowest BCUT2D eigenvalue weighted by Crippen LogP contribution is -2.23. The second kappa shape index (κ2) is 7.07. The predicted octanol–water partition coefficient (Wildman–Crippen LogP) is 1.36. The SMILES string of the molecule is O=C(NCc1cccc(C#CCO)c1)c1ccccn1. The minimum absolute atomic E-state index is 0.166. The van der Waals surface area contributed by atoms with Crippen LogP contribution in [0.25, 0.3) is 0 Å². The maximum Gasteiger partial charge on any atom is 0.270 e. The molecule has 4 nitrogen and oxygen atoms in total. The van der Waals surface area contributed by atoms with Crippen LogP contribution in [0.4, 0.5) is 0 Å². The van der Waals surface area contributed by atoms with Crippen molar-refractivity contribution in [3.8, 4) is 11.8 Å². The van der Waals surface area contributed by atoms with Crippen LogP contribution in [0, 0.1) is 11.8 Å². The Kier molecular flexibility index (Phi) is 4.87. The minimum atomic E-state index is -0.211. The lowest BCUT2D eigenvalue weighted by molar-refractivity contribution is 0.0946. The summed E-state index contributed by atoms with van der Waals surface area (Å²) in [5.41, 5.74) is 2.14. The third-order valence-corrected chi connectivity index (χ3v) is 2.59. The first-order chi connectivity index (χ1) is 9.79. The molecule has 20 heavy (non-hydrogen) atoms. The van der Waals surface area contributed by atoms with Crippen molar-refractivity contribution in [2.45, 2.75) is 6.54 Å². The summed E-state index contributed by atoms with van der Waals surface area (Å²) in [6.45, 7) is 0.241. The fourth-order valence-corrected chi connectivity index (χ4v) is 1.67. The molecule has 0 fully saturated rings. The topological polar surface area (TPSA) is 62.2 Å². The van der Waals surface area contributed by atoms with Crippen molar-refractivity contribution in [3.63, 3.8) is 0 Å². The summed E-state index contributed by atoms with van der Waals surface area (Å²) in [5, 5.41) is 11.5. The molecule has 0 saturated heterocycles. The molecule has 0 aliphatic carbocycles. The molecule has 2 N–H and O–H groups in total. The molecule has 2 rings (SSSR count). The Morgan fingerprint density at radius 2 is 2.15 bits per heavy atom. The Bertz CT molecular complexity index is 642. The third kappa shape index (κ3) is 3.94. The van der Waals surface area contributed by atoms with Crippen LogP contribution in [0.15, 0.2) is 48.7 Å². The van der Waals surface area contributed by atoms with Gasteiger partial charge in [-0.1, -0.05) is 30.0 Å². The van der Waals surface area contributed by atoms with E-state index in [0.717, 1.165) is 11.1 Å². The van der Waals surface area contributed by atoms with Crippen LogP contribution >= 0.6 is 0 Å². The van der Waals surface area contributed by atoms with E-state index in [1.165, 1.54) is 0 Å². The number of benzene rings is 1. The van der Waals surface area contributed by atoms with Crippen molar-refractivity contribution in [1.29, 1.82) is 0 Å². The monoisotopic (exact) mass is 266 g/mol.